The van der Waals surface area contributed by atoms with Gasteiger partial charge in [0.25, 0.3) is 0 Å². The molecule has 0 aliphatic heterocycles. The highest BCUT2D eigenvalue weighted by molar-refractivity contribution is 7.18. The molecule has 3 heterocycles. The number of hydrogen-bond donors (Lipinski definition) is 0. The quantitative estimate of drug-likeness (QED) is 0.324. The average Bonchev–Trinajstić information content (AvgIpc) is 3.45. The molecule has 5 rings (SSSR count). The number of ether oxygens (including phenoxy) is 2. The van der Waals surface area contributed by atoms with Crippen molar-refractivity contribution in [1.82, 2.24) is 14.5 Å². The Hall–Kier alpha value is -3.40. The predicted octanol–water partition coefficient (Wildman–Crippen LogP) is 5.75. The number of ketones is 1. The standard InChI is InChI=1S/C24H20F3N3O3S/c1-13-10-18(14(2)30(13)15-6-8-16(9-7-15)33-24(25,26)27)19(31)11-32-22-21-17-4-3-5-20(17)34-23(21)29-12-28-22/h6-10,12H,3-5,11H2,1-2H3. The lowest BCUT2D eigenvalue weighted by atomic mass is 10.1. The number of aryl methyl sites for hydroxylation is 3. The number of thiophene rings is 1. The second-order valence-electron chi connectivity index (χ2n) is 8.09. The molecule has 0 saturated carbocycles. The molecule has 0 fully saturated rings. The van der Waals surface area contributed by atoms with E-state index in [0.717, 1.165) is 35.2 Å². The van der Waals surface area contributed by atoms with E-state index in [2.05, 4.69) is 14.7 Å². The minimum absolute atomic E-state index is 0.181. The molecule has 0 spiro atoms. The van der Waals surface area contributed by atoms with Gasteiger partial charge >= 0.3 is 6.36 Å². The Bertz CT molecular complexity index is 1390. The Balaban J connectivity index is 1.36. The van der Waals surface area contributed by atoms with Gasteiger partial charge in [0.1, 0.15) is 16.9 Å². The summed E-state index contributed by atoms with van der Waals surface area (Å²) in [6.45, 7) is 3.43. The summed E-state index contributed by atoms with van der Waals surface area (Å²) in [7, 11) is 0. The van der Waals surface area contributed by atoms with Gasteiger partial charge in [-0.15, -0.1) is 24.5 Å². The number of hydrogen-bond acceptors (Lipinski definition) is 6. The highest BCUT2D eigenvalue weighted by Gasteiger charge is 2.31. The monoisotopic (exact) mass is 487 g/mol. The molecular formula is C24H20F3N3O3S. The van der Waals surface area contributed by atoms with Crippen LogP contribution in [0.3, 0.4) is 0 Å². The van der Waals surface area contributed by atoms with Gasteiger partial charge in [0.2, 0.25) is 11.7 Å². The first-order valence-electron chi connectivity index (χ1n) is 10.7. The Labute approximate surface area is 197 Å². The summed E-state index contributed by atoms with van der Waals surface area (Å²) in [5.41, 5.74) is 3.76. The zero-order valence-electron chi connectivity index (χ0n) is 18.4. The first-order chi connectivity index (χ1) is 16.2. The number of benzene rings is 1. The SMILES string of the molecule is Cc1cc(C(=O)COc2ncnc3sc4c(c23)CCC4)c(C)n1-c1ccc(OC(F)(F)F)cc1. The second-order valence-corrected chi connectivity index (χ2v) is 9.17. The number of carbonyl (C=O) groups excluding carboxylic acids is 1. The van der Waals surface area contributed by atoms with Gasteiger partial charge in [-0.3, -0.25) is 4.79 Å². The molecule has 0 saturated heterocycles. The van der Waals surface area contributed by atoms with Gasteiger partial charge in [-0.2, -0.15) is 0 Å². The largest absolute Gasteiger partial charge is 0.573 e. The first-order valence-corrected chi connectivity index (χ1v) is 11.5. The first kappa shape index (κ1) is 22.4. The molecule has 0 unspecified atom stereocenters. The zero-order valence-corrected chi connectivity index (χ0v) is 19.2. The van der Waals surface area contributed by atoms with Crippen LogP contribution in [0.2, 0.25) is 0 Å². The van der Waals surface area contributed by atoms with Gasteiger partial charge in [0, 0.05) is 27.5 Å². The maximum absolute atomic E-state index is 13.0. The predicted molar refractivity (Wildman–Crippen MR) is 121 cm³/mol. The number of halogens is 3. The van der Waals surface area contributed by atoms with E-state index in [4.69, 9.17) is 4.74 Å². The average molecular weight is 488 g/mol. The minimum Gasteiger partial charge on any atom is -0.469 e. The van der Waals surface area contributed by atoms with Crippen molar-refractivity contribution < 1.29 is 27.4 Å². The molecule has 0 bridgehead atoms. The van der Waals surface area contributed by atoms with E-state index in [1.54, 1.807) is 28.9 Å². The number of nitrogens with zero attached hydrogens (tertiary/aromatic N) is 3. The Morgan fingerprint density at radius 3 is 2.65 bits per heavy atom. The fraction of sp³-hybridized carbons (Fsp3) is 0.292. The number of alkyl halides is 3. The summed E-state index contributed by atoms with van der Waals surface area (Å²) in [6, 6.07) is 7.26. The van der Waals surface area contributed by atoms with Gasteiger partial charge in [-0.05, 0) is 69.0 Å². The lowest BCUT2D eigenvalue weighted by molar-refractivity contribution is -0.274. The number of Topliss-reactive ketones (excluding diaryl/α,β-unsaturated/α-hetero) is 1. The Morgan fingerprint density at radius 1 is 1.15 bits per heavy atom. The smallest absolute Gasteiger partial charge is 0.469 e. The topological polar surface area (TPSA) is 66.2 Å². The summed E-state index contributed by atoms with van der Waals surface area (Å²) >= 11 is 1.65. The van der Waals surface area contributed by atoms with E-state index in [-0.39, 0.29) is 18.1 Å². The molecule has 1 aliphatic rings. The minimum atomic E-state index is -4.75. The number of fused-ring (bicyclic) bond motifs is 3. The molecule has 1 aromatic carbocycles. The maximum atomic E-state index is 13.0. The third kappa shape index (κ3) is 4.13. The molecule has 4 aromatic rings. The molecular weight excluding hydrogens is 467 g/mol. The Kier molecular flexibility index (Phi) is 5.55. The van der Waals surface area contributed by atoms with Crippen molar-refractivity contribution in [3.8, 4) is 17.3 Å². The van der Waals surface area contributed by atoms with Gasteiger partial charge in [0.05, 0.1) is 5.39 Å². The molecule has 176 valence electrons. The lowest BCUT2D eigenvalue weighted by Crippen LogP contribution is -2.17. The van der Waals surface area contributed by atoms with Crippen molar-refractivity contribution in [2.24, 2.45) is 0 Å². The maximum Gasteiger partial charge on any atom is 0.573 e. The van der Waals surface area contributed by atoms with Crippen molar-refractivity contribution in [1.29, 1.82) is 0 Å². The molecule has 1 aliphatic carbocycles. The fourth-order valence-corrected chi connectivity index (χ4v) is 5.68. The summed E-state index contributed by atoms with van der Waals surface area (Å²) < 4.78 is 48.9. The van der Waals surface area contributed by atoms with Crippen molar-refractivity contribution in [2.75, 3.05) is 6.61 Å². The summed E-state index contributed by atoms with van der Waals surface area (Å²) in [4.78, 5) is 23.8. The van der Waals surface area contributed by atoms with Crippen molar-refractivity contribution >= 4 is 27.3 Å². The highest BCUT2D eigenvalue weighted by Crippen LogP contribution is 2.39. The summed E-state index contributed by atoms with van der Waals surface area (Å²) in [6.07, 6.45) is -0.213. The van der Waals surface area contributed by atoms with Gasteiger partial charge in [-0.25, -0.2) is 9.97 Å². The van der Waals surface area contributed by atoms with Gasteiger partial charge in [0.15, 0.2) is 6.61 Å². The highest BCUT2D eigenvalue weighted by atomic mass is 32.1. The van der Waals surface area contributed by atoms with E-state index in [9.17, 15) is 18.0 Å². The van der Waals surface area contributed by atoms with Crippen molar-refractivity contribution in [2.45, 2.75) is 39.5 Å². The molecule has 6 nitrogen and oxygen atoms in total. The summed E-state index contributed by atoms with van der Waals surface area (Å²) in [5, 5.41) is 0.902. The molecule has 34 heavy (non-hydrogen) atoms. The summed E-state index contributed by atoms with van der Waals surface area (Å²) in [5.74, 6) is -0.0960. The normalized spacial score (nSPS) is 13.3. The van der Waals surface area contributed by atoms with Crippen LogP contribution in [0.5, 0.6) is 11.6 Å². The van der Waals surface area contributed by atoms with Crippen LogP contribution < -0.4 is 9.47 Å². The molecule has 3 aromatic heterocycles. The van der Waals surface area contributed by atoms with E-state index in [1.165, 1.54) is 41.0 Å². The van der Waals surface area contributed by atoms with Gasteiger partial charge in [-0.1, -0.05) is 0 Å². The van der Waals surface area contributed by atoms with E-state index in [0.29, 0.717) is 22.8 Å². The van der Waals surface area contributed by atoms with Crippen LogP contribution >= 0.6 is 11.3 Å². The van der Waals surface area contributed by atoms with E-state index < -0.39 is 6.36 Å². The van der Waals surface area contributed by atoms with Gasteiger partial charge < -0.3 is 14.0 Å². The third-order valence-electron chi connectivity index (χ3n) is 5.87. The van der Waals surface area contributed by atoms with Crippen LogP contribution in [0.4, 0.5) is 13.2 Å². The van der Waals surface area contributed by atoms with Crippen LogP contribution in [0, 0.1) is 13.8 Å². The number of rotatable bonds is 6. The van der Waals surface area contributed by atoms with E-state index in [1.807, 2.05) is 6.92 Å². The van der Waals surface area contributed by atoms with Crippen LogP contribution in [0.15, 0.2) is 36.7 Å². The van der Waals surface area contributed by atoms with Crippen molar-refractivity contribution in [3.63, 3.8) is 0 Å². The van der Waals surface area contributed by atoms with Crippen LogP contribution in [0.1, 0.15) is 38.6 Å². The fourth-order valence-electron chi connectivity index (χ4n) is 4.46. The number of carbonyl (C=O) groups is 1. The molecule has 0 atom stereocenters. The molecule has 0 amide bonds. The molecule has 10 heteroatoms. The van der Waals surface area contributed by atoms with Crippen LogP contribution in [-0.2, 0) is 12.8 Å². The number of aromatic nitrogens is 3. The third-order valence-corrected chi connectivity index (χ3v) is 7.07. The molecule has 0 radical (unpaired) electrons. The Morgan fingerprint density at radius 2 is 1.91 bits per heavy atom. The van der Waals surface area contributed by atoms with Crippen LogP contribution in [0.25, 0.3) is 15.9 Å². The lowest BCUT2D eigenvalue weighted by Gasteiger charge is -2.12. The zero-order chi connectivity index (χ0) is 24.0. The second kappa shape index (κ2) is 8.43. The van der Waals surface area contributed by atoms with E-state index >= 15 is 0 Å². The van der Waals surface area contributed by atoms with Crippen LogP contribution in [-0.4, -0.2) is 33.3 Å². The molecule has 0 N–H and O–H groups in total. The van der Waals surface area contributed by atoms with Crippen molar-refractivity contribution in [3.05, 3.63) is 64.1 Å².